The highest BCUT2D eigenvalue weighted by Crippen LogP contribution is 2.37. The van der Waals surface area contributed by atoms with Crippen molar-refractivity contribution in [2.24, 2.45) is 0 Å². The number of hydrogen-bond acceptors (Lipinski definition) is 5. The number of amides is 2. The zero-order chi connectivity index (χ0) is 16.6. The van der Waals surface area contributed by atoms with E-state index in [9.17, 15) is 9.59 Å². The number of carbonyl (C=O) groups is 2. The molecule has 1 aromatic rings. The third kappa shape index (κ3) is 2.77. The molecule has 128 valence electrons. The summed E-state index contributed by atoms with van der Waals surface area (Å²) in [6.07, 6.45) is 8.75. The van der Waals surface area contributed by atoms with Crippen molar-refractivity contribution in [3.05, 3.63) is 24.3 Å². The number of nitrogens with zero attached hydrogens (tertiary/aromatic N) is 4. The summed E-state index contributed by atoms with van der Waals surface area (Å²) in [6.45, 7) is 2.75. The topological polar surface area (TPSA) is 75.6 Å². The molecule has 3 saturated heterocycles. The lowest BCUT2D eigenvalue weighted by Gasteiger charge is -2.41. The number of carbonyl (C=O) groups excluding carboxylic acids is 2. The number of ether oxygens (including phenoxy) is 1. The van der Waals surface area contributed by atoms with Gasteiger partial charge in [-0.05, 0) is 25.7 Å². The molecular formula is C17H22N4O3. The molecule has 0 radical (unpaired) electrons. The fourth-order valence-corrected chi connectivity index (χ4v) is 4.20. The Bertz CT molecular complexity index is 638. The van der Waals surface area contributed by atoms with Crippen LogP contribution in [0.15, 0.2) is 18.6 Å². The van der Waals surface area contributed by atoms with Crippen molar-refractivity contribution >= 4 is 11.8 Å². The van der Waals surface area contributed by atoms with Gasteiger partial charge in [0.25, 0.3) is 5.91 Å². The molecular weight excluding hydrogens is 308 g/mol. The molecule has 1 aromatic heterocycles. The summed E-state index contributed by atoms with van der Waals surface area (Å²) < 4.78 is 6.10. The minimum absolute atomic E-state index is 0.0945. The predicted molar refractivity (Wildman–Crippen MR) is 85.2 cm³/mol. The summed E-state index contributed by atoms with van der Waals surface area (Å²) in [5, 5.41) is 0. The molecule has 0 N–H and O–H groups in total. The smallest absolute Gasteiger partial charge is 0.274 e. The van der Waals surface area contributed by atoms with Gasteiger partial charge in [-0.1, -0.05) is 0 Å². The van der Waals surface area contributed by atoms with Gasteiger partial charge in [0.15, 0.2) is 0 Å². The first-order valence-corrected chi connectivity index (χ1v) is 8.66. The molecule has 2 amide bonds. The van der Waals surface area contributed by atoms with Crippen LogP contribution in [0.4, 0.5) is 0 Å². The second-order valence-electron chi connectivity index (χ2n) is 6.94. The number of aromatic nitrogens is 2. The van der Waals surface area contributed by atoms with Crippen molar-refractivity contribution in [1.29, 1.82) is 0 Å². The molecule has 2 atom stereocenters. The minimum Gasteiger partial charge on any atom is -0.373 e. The lowest BCUT2D eigenvalue weighted by atomic mass is 9.89. The van der Waals surface area contributed by atoms with Crippen molar-refractivity contribution in [3.8, 4) is 0 Å². The minimum atomic E-state index is -0.316. The molecule has 7 nitrogen and oxygen atoms in total. The van der Waals surface area contributed by atoms with E-state index in [-0.39, 0.29) is 23.5 Å². The van der Waals surface area contributed by atoms with Crippen molar-refractivity contribution in [2.45, 2.75) is 43.7 Å². The molecule has 0 saturated carbocycles. The van der Waals surface area contributed by atoms with Crippen LogP contribution in [0.1, 0.15) is 42.6 Å². The SMILES string of the molecule is O=C(c1cnccn1)N1CC[C@@]2(C[C@@H](N3CCCC3=O)CCO2)C1. The quantitative estimate of drug-likeness (QED) is 0.804. The van der Waals surface area contributed by atoms with Gasteiger partial charge in [-0.3, -0.25) is 14.6 Å². The average Bonchev–Trinajstić information content (AvgIpc) is 3.22. The van der Waals surface area contributed by atoms with E-state index in [1.807, 2.05) is 4.90 Å². The molecule has 1 spiro atoms. The maximum atomic E-state index is 12.6. The van der Waals surface area contributed by atoms with E-state index in [0.29, 0.717) is 31.8 Å². The Morgan fingerprint density at radius 2 is 2.25 bits per heavy atom. The summed E-state index contributed by atoms with van der Waals surface area (Å²) in [7, 11) is 0. The summed E-state index contributed by atoms with van der Waals surface area (Å²) in [5.74, 6) is 0.172. The molecule has 0 aliphatic carbocycles. The number of likely N-dealkylation sites (tertiary alicyclic amines) is 2. The third-order valence-corrected chi connectivity index (χ3v) is 5.40. The lowest BCUT2D eigenvalue weighted by Crippen LogP contribution is -2.50. The van der Waals surface area contributed by atoms with Crippen LogP contribution in [0.3, 0.4) is 0 Å². The highest BCUT2D eigenvalue weighted by atomic mass is 16.5. The first-order chi connectivity index (χ1) is 11.7. The zero-order valence-electron chi connectivity index (χ0n) is 13.7. The predicted octanol–water partition coefficient (Wildman–Crippen LogP) is 0.863. The van der Waals surface area contributed by atoms with Crippen LogP contribution in [0.5, 0.6) is 0 Å². The van der Waals surface area contributed by atoms with E-state index < -0.39 is 0 Å². The largest absolute Gasteiger partial charge is 0.373 e. The van der Waals surface area contributed by atoms with Crippen LogP contribution in [0.2, 0.25) is 0 Å². The van der Waals surface area contributed by atoms with E-state index in [0.717, 1.165) is 32.2 Å². The Morgan fingerprint density at radius 1 is 1.33 bits per heavy atom. The van der Waals surface area contributed by atoms with Crippen molar-refractivity contribution < 1.29 is 14.3 Å². The molecule has 4 rings (SSSR count). The second kappa shape index (κ2) is 6.12. The maximum absolute atomic E-state index is 12.6. The molecule has 7 heteroatoms. The first kappa shape index (κ1) is 15.5. The van der Waals surface area contributed by atoms with Crippen LogP contribution >= 0.6 is 0 Å². The van der Waals surface area contributed by atoms with Crippen LogP contribution in [0, 0.1) is 0 Å². The highest BCUT2D eigenvalue weighted by Gasteiger charge is 2.47. The van der Waals surface area contributed by atoms with Gasteiger partial charge in [-0.2, -0.15) is 0 Å². The van der Waals surface area contributed by atoms with Gasteiger partial charge in [0.1, 0.15) is 5.69 Å². The fourth-order valence-electron chi connectivity index (χ4n) is 4.20. The van der Waals surface area contributed by atoms with Crippen molar-refractivity contribution in [3.63, 3.8) is 0 Å². The van der Waals surface area contributed by atoms with E-state index in [1.165, 1.54) is 12.4 Å². The monoisotopic (exact) mass is 330 g/mol. The van der Waals surface area contributed by atoms with Crippen LogP contribution < -0.4 is 0 Å². The highest BCUT2D eigenvalue weighted by molar-refractivity contribution is 5.92. The van der Waals surface area contributed by atoms with Crippen molar-refractivity contribution in [2.75, 3.05) is 26.2 Å². The van der Waals surface area contributed by atoms with E-state index >= 15 is 0 Å². The van der Waals surface area contributed by atoms with Gasteiger partial charge in [0, 0.05) is 44.6 Å². The molecule has 0 bridgehead atoms. The van der Waals surface area contributed by atoms with Crippen LogP contribution in [-0.4, -0.2) is 69.5 Å². The Labute approximate surface area is 141 Å². The van der Waals surface area contributed by atoms with Crippen LogP contribution in [-0.2, 0) is 9.53 Å². The Kier molecular flexibility index (Phi) is 3.96. The molecule has 3 aliphatic rings. The van der Waals surface area contributed by atoms with Gasteiger partial charge in [-0.25, -0.2) is 4.98 Å². The molecule has 4 heterocycles. The standard InChI is InChI=1S/C17H22N4O3/c22-15-2-1-7-21(15)13-3-9-24-17(10-13)4-8-20(12-17)16(23)14-11-18-5-6-19-14/h5-6,11,13H,1-4,7-10,12H2/t13-,17+/m0/s1. The first-order valence-electron chi connectivity index (χ1n) is 8.66. The van der Waals surface area contributed by atoms with Crippen LogP contribution in [0.25, 0.3) is 0 Å². The Hall–Kier alpha value is -2.02. The summed E-state index contributed by atoms with van der Waals surface area (Å²) >= 11 is 0. The fraction of sp³-hybridized carbons (Fsp3) is 0.647. The van der Waals surface area contributed by atoms with E-state index in [2.05, 4.69) is 9.97 Å². The molecule has 3 aliphatic heterocycles. The van der Waals surface area contributed by atoms with Gasteiger partial charge in [0.2, 0.25) is 5.91 Å². The second-order valence-corrected chi connectivity index (χ2v) is 6.94. The zero-order valence-corrected chi connectivity index (χ0v) is 13.7. The number of rotatable bonds is 2. The van der Waals surface area contributed by atoms with Gasteiger partial charge in [0.05, 0.1) is 18.3 Å². The summed E-state index contributed by atoms with van der Waals surface area (Å²) in [6, 6.07) is 0.250. The molecule has 24 heavy (non-hydrogen) atoms. The molecule has 0 aromatic carbocycles. The average molecular weight is 330 g/mol. The van der Waals surface area contributed by atoms with Crippen molar-refractivity contribution in [1.82, 2.24) is 19.8 Å². The normalized spacial score (nSPS) is 30.3. The van der Waals surface area contributed by atoms with Gasteiger partial charge >= 0.3 is 0 Å². The lowest BCUT2D eigenvalue weighted by molar-refractivity contribution is -0.137. The van der Waals surface area contributed by atoms with E-state index in [4.69, 9.17) is 4.74 Å². The Morgan fingerprint density at radius 3 is 3.00 bits per heavy atom. The van der Waals surface area contributed by atoms with Gasteiger partial charge in [-0.15, -0.1) is 0 Å². The number of hydrogen-bond donors (Lipinski definition) is 0. The maximum Gasteiger partial charge on any atom is 0.274 e. The third-order valence-electron chi connectivity index (χ3n) is 5.40. The van der Waals surface area contributed by atoms with E-state index in [1.54, 1.807) is 11.1 Å². The summed E-state index contributed by atoms with van der Waals surface area (Å²) in [4.78, 5) is 36.5. The molecule has 3 fully saturated rings. The van der Waals surface area contributed by atoms with Gasteiger partial charge < -0.3 is 14.5 Å². The summed E-state index contributed by atoms with van der Waals surface area (Å²) in [5.41, 5.74) is 0.0561. The Balaban J connectivity index is 1.45. The molecule has 0 unspecified atom stereocenters.